The van der Waals surface area contributed by atoms with E-state index in [0.29, 0.717) is 22.4 Å². The molecule has 0 radical (unpaired) electrons. The molecule has 2 aromatic carbocycles. The topological polar surface area (TPSA) is 64.0 Å². The molecular formula is C23H22ClN3O2S2. The van der Waals surface area contributed by atoms with Crippen LogP contribution in [-0.4, -0.2) is 27.0 Å². The lowest BCUT2D eigenvalue weighted by Crippen LogP contribution is -2.27. The zero-order chi connectivity index (χ0) is 21.8. The van der Waals surface area contributed by atoms with E-state index in [1.54, 1.807) is 22.4 Å². The number of aromatic nitrogens is 2. The maximum atomic E-state index is 13.1. The molecule has 8 heteroatoms. The molecule has 0 saturated heterocycles. The lowest BCUT2D eigenvalue weighted by molar-refractivity contribution is -0.113. The summed E-state index contributed by atoms with van der Waals surface area (Å²) in [5.41, 5.74) is 3.61. The smallest absolute Gasteiger partial charge is 0.268 e. The number of thioether (sulfide) groups is 2. The van der Waals surface area contributed by atoms with Gasteiger partial charge in [-0.3, -0.25) is 14.2 Å². The third-order valence-electron chi connectivity index (χ3n) is 5.00. The van der Waals surface area contributed by atoms with Crippen LogP contribution in [0.4, 0.5) is 5.69 Å². The van der Waals surface area contributed by atoms with Crippen LogP contribution >= 0.6 is 35.1 Å². The van der Waals surface area contributed by atoms with Gasteiger partial charge in [-0.25, -0.2) is 4.98 Å². The number of fused-ring (bicyclic) bond motifs is 1. The zero-order valence-electron chi connectivity index (χ0n) is 17.1. The molecule has 5 nitrogen and oxygen atoms in total. The Balaban J connectivity index is 1.49. The second-order valence-electron chi connectivity index (χ2n) is 7.26. The third kappa shape index (κ3) is 5.34. The van der Waals surface area contributed by atoms with Gasteiger partial charge in [-0.05, 0) is 36.6 Å². The van der Waals surface area contributed by atoms with Crippen LogP contribution in [0.5, 0.6) is 0 Å². The van der Waals surface area contributed by atoms with Crippen LogP contribution in [0.2, 0.25) is 5.02 Å². The van der Waals surface area contributed by atoms with E-state index in [1.807, 2.05) is 49.4 Å². The number of nitrogens with zero attached hydrogens (tertiary/aromatic N) is 2. The first-order valence-corrected chi connectivity index (χ1v) is 12.4. The summed E-state index contributed by atoms with van der Waals surface area (Å²) in [6, 6.07) is 15.5. The Hall–Kier alpha value is -2.22. The molecule has 0 bridgehead atoms. The lowest BCUT2D eigenvalue weighted by Gasteiger charge is -2.14. The first-order valence-electron chi connectivity index (χ1n) is 10.0. The van der Waals surface area contributed by atoms with Crippen LogP contribution in [0.25, 0.3) is 0 Å². The van der Waals surface area contributed by atoms with Crippen LogP contribution in [0, 0.1) is 6.92 Å². The molecule has 4 rings (SSSR count). The number of anilines is 1. The maximum Gasteiger partial charge on any atom is 0.268 e. The van der Waals surface area contributed by atoms with Crippen molar-refractivity contribution in [2.24, 2.45) is 0 Å². The van der Waals surface area contributed by atoms with E-state index < -0.39 is 0 Å². The quantitative estimate of drug-likeness (QED) is 0.395. The van der Waals surface area contributed by atoms with Gasteiger partial charge in [-0.15, -0.1) is 11.8 Å². The van der Waals surface area contributed by atoms with Crippen LogP contribution in [0.3, 0.4) is 0 Å². The molecule has 160 valence electrons. The van der Waals surface area contributed by atoms with Crippen molar-refractivity contribution in [3.05, 3.63) is 80.7 Å². The highest BCUT2D eigenvalue weighted by atomic mass is 35.5. The number of halogens is 1. The first kappa shape index (κ1) is 22.0. The molecule has 2 heterocycles. The Morgan fingerprint density at radius 3 is 2.84 bits per heavy atom. The highest BCUT2D eigenvalue weighted by Gasteiger charge is 2.22. The fraction of sp³-hybridized carbons (Fsp3) is 0.261. The molecule has 0 aliphatic carbocycles. The van der Waals surface area contributed by atoms with E-state index in [0.717, 1.165) is 40.3 Å². The minimum absolute atomic E-state index is 0.00310. The first-order chi connectivity index (χ1) is 15.0. The standard InChI is InChI=1S/C23H22ClN3O2S2/c1-15-7-8-17(13-18(15)24)25-20(28)14-31-23-26-19-10-12-30-21(19)22(29)27(23)11-9-16-5-3-2-4-6-16/h2-8,13H,9-12,14H2,1H3,(H,25,28). The molecular weight excluding hydrogens is 450 g/mol. The Kier molecular flexibility index (Phi) is 7.05. The van der Waals surface area contributed by atoms with Gasteiger partial charge in [-0.1, -0.05) is 59.8 Å². The summed E-state index contributed by atoms with van der Waals surface area (Å²) in [6.07, 6.45) is 1.52. The monoisotopic (exact) mass is 471 g/mol. The number of hydrogen-bond acceptors (Lipinski definition) is 5. The summed E-state index contributed by atoms with van der Waals surface area (Å²) in [5.74, 6) is 0.873. The van der Waals surface area contributed by atoms with Gasteiger partial charge in [0.1, 0.15) is 0 Å². The van der Waals surface area contributed by atoms with Gasteiger partial charge in [0.25, 0.3) is 5.56 Å². The molecule has 1 aliphatic rings. The third-order valence-corrected chi connectivity index (χ3v) is 7.49. The van der Waals surface area contributed by atoms with Gasteiger partial charge in [0.05, 0.1) is 16.3 Å². The molecule has 31 heavy (non-hydrogen) atoms. The van der Waals surface area contributed by atoms with Crippen LogP contribution in [-0.2, 0) is 24.2 Å². The van der Waals surface area contributed by atoms with Crippen molar-refractivity contribution in [1.82, 2.24) is 9.55 Å². The van der Waals surface area contributed by atoms with Crippen LogP contribution in [0.1, 0.15) is 16.8 Å². The van der Waals surface area contributed by atoms with Crippen LogP contribution < -0.4 is 10.9 Å². The number of amides is 1. The average molecular weight is 472 g/mol. The van der Waals surface area contributed by atoms with E-state index in [2.05, 4.69) is 5.32 Å². The fourth-order valence-corrected chi connectivity index (χ4v) is 5.38. The number of rotatable bonds is 7. The van der Waals surface area contributed by atoms with Gasteiger partial charge in [-0.2, -0.15) is 0 Å². The summed E-state index contributed by atoms with van der Waals surface area (Å²) in [5, 5.41) is 4.07. The summed E-state index contributed by atoms with van der Waals surface area (Å²) in [6.45, 7) is 2.44. The predicted octanol–water partition coefficient (Wildman–Crippen LogP) is 4.83. The fourth-order valence-electron chi connectivity index (χ4n) is 3.31. The molecule has 1 amide bonds. The molecule has 0 fully saturated rings. The highest BCUT2D eigenvalue weighted by Crippen LogP contribution is 2.29. The van der Waals surface area contributed by atoms with Gasteiger partial charge in [0, 0.05) is 29.4 Å². The van der Waals surface area contributed by atoms with Crippen molar-refractivity contribution in [1.29, 1.82) is 0 Å². The minimum Gasteiger partial charge on any atom is -0.325 e. The highest BCUT2D eigenvalue weighted by molar-refractivity contribution is 8.00. The summed E-state index contributed by atoms with van der Waals surface area (Å²) in [4.78, 5) is 31.1. The normalized spacial score (nSPS) is 12.6. The van der Waals surface area contributed by atoms with E-state index >= 15 is 0 Å². The zero-order valence-corrected chi connectivity index (χ0v) is 19.4. The number of carbonyl (C=O) groups is 1. The largest absolute Gasteiger partial charge is 0.325 e. The second kappa shape index (κ2) is 9.94. The van der Waals surface area contributed by atoms with Crippen molar-refractivity contribution in [2.75, 3.05) is 16.8 Å². The Morgan fingerprint density at radius 2 is 2.06 bits per heavy atom. The number of nitrogens with one attached hydrogen (secondary N) is 1. The van der Waals surface area contributed by atoms with E-state index in [9.17, 15) is 9.59 Å². The van der Waals surface area contributed by atoms with Gasteiger partial charge < -0.3 is 5.32 Å². The minimum atomic E-state index is -0.163. The van der Waals surface area contributed by atoms with Crippen molar-refractivity contribution in [2.45, 2.75) is 36.4 Å². The predicted molar refractivity (Wildman–Crippen MR) is 129 cm³/mol. The molecule has 0 unspecified atom stereocenters. The number of hydrogen-bond donors (Lipinski definition) is 1. The molecule has 1 aliphatic heterocycles. The molecule has 1 N–H and O–H groups in total. The lowest BCUT2D eigenvalue weighted by atomic mass is 10.1. The van der Waals surface area contributed by atoms with E-state index in [-0.39, 0.29) is 17.2 Å². The maximum absolute atomic E-state index is 13.1. The molecule has 0 saturated carbocycles. The summed E-state index contributed by atoms with van der Waals surface area (Å²) in [7, 11) is 0. The molecule has 3 aromatic rings. The Morgan fingerprint density at radius 1 is 1.26 bits per heavy atom. The number of benzene rings is 2. The molecule has 0 spiro atoms. The van der Waals surface area contributed by atoms with Gasteiger partial charge >= 0.3 is 0 Å². The number of aryl methyl sites for hydroxylation is 3. The molecule has 1 aromatic heterocycles. The van der Waals surface area contributed by atoms with Crippen molar-refractivity contribution < 1.29 is 4.79 Å². The Bertz CT molecular complexity index is 1170. The average Bonchev–Trinajstić information content (AvgIpc) is 3.24. The SMILES string of the molecule is Cc1ccc(NC(=O)CSc2nc3c(c(=O)n2CCc2ccccc2)SCC3)cc1Cl. The summed E-state index contributed by atoms with van der Waals surface area (Å²) >= 11 is 9.01. The Labute approximate surface area is 194 Å². The van der Waals surface area contributed by atoms with Crippen molar-refractivity contribution in [3.63, 3.8) is 0 Å². The van der Waals surface area contributed by atoms with Crippen LogP contribution in [0.15, 0.2) is 63.4 Å². The van der Waals surface area contributed by atoms with Crippen molar-refractivity contribution in [3.8, 4) is 0 Å². The second-order valence-corrected chi connectivity index (χ2v) is 9.72. The van der Waals surface area contributed by atoms with E-state index in [1.165, 1.54) is 11.8 Å². The van der Waals surface area contributed by atoms with E-state index in [4.69, 9.17) is 16.6 Å². The number of carbonyl (C=O) groups excluding carboxylic acids is 1. The van der Waals surface area contributed by atoms with Gasteiger partial charge in [0.2, 0.25) is 5.91 Å². The molecule has 0 atom stereocenters. The summed E-state index contributed by atoms with van der Waals surface area (Å²) < 4.78 is 1.71. The van der Waals surface area contributed by atoms with Gasteiger partial charge in [0.15, 0.2) is 5.16 Å². The van der Waals surface area contributed by atoms with Crippen molar-refractivity contribution >= 4 is 46.7 Å².